The average Bonchev–Trinajstić information content (AvgIpc) is 2.28. The van der Waals surface area contributed by atoms with Crippen LogP contribution >= 0.6 is 0 Å². The Morgan fingerprint density at radius 3 is 2.29 bits per heavy atom. The van der Waals surface area contributed by atoms with Gasteiger partial charge in [-0.05, 0) is 17.0 Å². The Morgan fingerprint density at radius 1 is 1.24 bits per heavy atom. The van der Waals surface area contributed by atoms with E-state index in [0.29, 0.717) is 6.42 Å². The molecule has 0 fully saturated rings. The van der Waals surface area contributed by atoms with E-state index in [2.05, 4.69) is 0 Å². The summed E-state index contributed by atoms with van der Waals surface area (Å²) in [6.07, 6.45) is 0.497. The predicted octanol–water partition coefficient (Wildman–Crippen LogP) is 1.97. The van der Waals surface area contributed by atoms with Crippen LogP contribution in [-0.2, 0) is 6.42 Å². The van der Waals surface area contributed by atoms with Crippen molar-refractivity contribution >= 4 is 0 Å². The molecule has 0 heterocycles. The monoisotopic (exact) mass is 237 g/mol. The summed E-state index contributed by atoms with van der Waals surface area (Å²) in [5.41, 5.74) is 5.52. The maximum Gasteiger partial charge on any atom is 0.122 e. The van der Waals surface area contributed by atoms with E-state index in [4.69, 9.17) is 10.5 Å². The molecule has 1 atom stereocenters. The zero-order chi connectivity index (χ0) is 13.1. The third kappa shape index (κ3) is 2.99. The summed E-state index contributed by atoms with van der Waals surface area (Å²) in [5.74, 6) is 0.795. The van der Waals surface area contributed by atoms with Gasteiger partial charge in [-0.15, -0.1) is 0 Å². The molecular formula is C14H23NO2. The summed E-state index contributed by atoms with van der Waals surface area (Å²) in [6.45, 7) is 6.22. The fourth-order valence-corrected chi connectivity index (χ4v) is 1.81. The van der Waals surface area contributed by atoms with E-state index in [1.807, 2.05) is 45.0 Å². The van der Waals surface area contributed by atoms with Crippen LogP contribution in [0.1, 0.15) is 26.3 Å². The van der Waals surface area contributed by atoms with Gasteiger partial charge in [0.1, 0.15) is 5.75 Å². The van der Waals surface area contributed by atoms with Crippen LogP contribution in [0.2, 0.25) is 0 Å². The minimum atomic E-state index is -0.929. The number of rotatable bonds is 4. The Morgan fingerprint density at radius 2 is 1.82 bits per heavy atom. The molecule has 0 aliphatic carbocycles. The maximum absolute atomic E-state index is 10.6. The third-order valence-electron chi connectivity index (χ3n) is 3.41. The van der Waals surface area contributed by atoms with Crippen LogP contribution in [-0.4, -0.2) is 24.4 Å². The van der Waals surface area contributed by atoms with E-state index >= 15 is 0 Å². The minimum Gasteiger partial charge on any atom is -0.496 e. The van der Waals surface area contributed by atoms with Gasteiger partial charge in [0, 0.05) is 13.0 Å². The Hall–Kier alpha value is -1.06. The van der Waals surface area contributed by atoms with Gasteiger partial charge >= 0.3 is 0 Å². The number of hydrogen-bond donors (Lipinski definition) is 2. The standard InChI is InChI=1S/C14H23NO2/c1-13(2,3)14(16,10-15)9-11-7-5-6-8-12(11)17-4/h5-8,16H,9-10,15H2,1-4H3. The highest BCUT2D eigenvalue weighted by atomic mass is 16.5. The lowest BCUT2D eigenvalue weighted by molar-refractivity contribution is -0.0493. The van der Waals surface area contributed by atoms with Crippen LogP contribution in [0.5, 0.6) is 5.75 Å². The van der Waals surface area contributed by atoms with Gasteiger partial charge in [-0.1, -0.05) is 39.0 Å². The van der Waals surface area contributed by atoms with Crippen molar-refractivity contribution in [1.82, 2.24) is 0 Å². The van der Waals surface area contributed by atoms with Crippen LogP contribution in [0.25, 0.3) is 0 Å². The molecule has 0 aliphatic heterocycles. The van der Waals surface area contributed by atoms with Gasteiger partial charge in [0.15, 0.2) is 0 Å². The van der Waals surface area contributed by atoms with Gasteiger partial charge in [-0.25, -0.2) is 0 Å². The predicted molar refractivity (Wildman–Crippen MR) is 70.2 cm³/mol. The van der Waals surface area contributed by atoms with Crippen molar-refractivity contribution in [3.8, 4) is 5.75 Å². The van der Waals surface area contributed by atoms with E-state index in [1.54, 1.807) is 7.11 Å². The van der Waals surface area contributed by atoms with Crippen molar-refractivity contribution in [3.63, 3.8) is 0 Å². The molecule has 0 radical (unpaired) electrons. The fourth-order valence-electron chi connectivity index (χ4n) is 1.81. The molecule has 1 unspecified atom stereocenters. The van der Waals surface area contributed by atoms with Gasteiger partial charge in [0.25, 0.3) is 0 Å². The zero-order valence-corrected chi connectivity index (χ0v) is 11.2. The Kier molecular flexibility index (Phi) is 4.17. The molecule has 0 amide bonds. The lowest BCUT2D eigenvalue weighted by Crippen LogP contribution is -2.50. The average molecular weight is 237 g/mol. The molecule has 1 aromatic rings. The minimum absolute atomic E-state index is 0.231. The third-order valence-corrected chi connectivity index (χ3v) is 3.41. The van der Waals surface area contributed by atoms with Gasteiger partial charge in [-0.3, -0.25) is 0 Å². The van der Waals surface area contributed by atoms with Crippen molar-refractivity contribution in [2.75, 3.05) is 13.7 Å². The number of hydrogen-bond acceptors (Lipinski definition) is 3. The van der Waals surface area contributed by atoms with Crippen molar-refractivity contribution in [2.45, 2.75) is 32.8 Å². The first-order chi connectivity index (χ1) is 7.84. The number of nitrogens with two attached hydrogens (primary N) is 1. The van der Waals surface area contributed by atoms with Crippen LogP contribution in [0.15, 0.2) is 24.3 Å². The van der Waals surface area contributed by atoms with E-state index in [0.717, 1.165) is 11.3 Å². The number of methoxy groups -OCH3 is 1. The molecule has 3 heteroatoms. The molecule has 0 bridgehead atoms. The smallest absolute Gasteiger partial charge is 0.122 e. The molecular weight excluding hydrogens is 214 g/mol. The van der Waals surface area contributed by atoms with E-state index in [9.17, 15) is 5.11 Å². The van der Waals surface area contributed by atoms with Crippen molar-refractivity contribution in [2.24, 2.45) is 11.1 Å². The molecule has 0 aliphatic rings. The van der Waals surface area contributed by atoms with Gasteiger partial charge in [0.05, 0.1) is 12.7 Å². The maximum atomic E-state index is 10.6. The fraction of sp³-hybridized carbons (Fsp3) is 0.571. The Bertz CT molecular complexity index is 371. The highest BCUT2D eigenvalue weighted by molar-refractivity contribution is 5.34. The van der Waals surface area contributed by atoms with Crippen LogP contribution < -0.4 is 10.5 Å². The van der Waals surface area contributed by atoms with Crippen LogP contribution in [0.3, 0.4) is 0 Å². The normalized spacial score (nSPS) is 15.4. The number of benzene rings is 1. The molecule has 3 nitrogen and oxygen atoms in total. The largest absolute Gasteiger partial charge is 0.496 e. The van der Waals surface area contributed by atoms with Crippen LogP contribution in [0, 0.1) is 5.41 Å². The quantitative estimate of drug-likeness (QED) is 0.842. The topological polar surface area (TPSA) is 55.5 Å². The van der Waals surface area contributed by atoms with Crippen molar-refractivity contribution < 1.29 is 9.84 Å². The van der Waals surface area contributed by atoms with Gasteiger partial charge < -0.3 is 15.6 Å². The summed E-state index contributed by atoms with van der Waals surface area (Å²) in [5, 5.41) is 10.6. The van der Waals surface area contributed by atoms with E-state index in [-0.39, 0.29) is 12.0 Å². The first-order valence-corrected chi connectivity index (χ1v) is 5.88. The first-order valence-electron chi connectivity index (χ1n) is 5.88. The lowest BCUT2D eigenvalue weighted by atomic mass is 9.73. The first kappa shape index (κ1) is 14.0. The molecule has 0 saturated heterocycles. The molecule has 17 heavy (non-hydrogen) atoms. The molecule has 96 valence electrons. The summed E-state index contributed by atoms with van der Waals surface area (Å²) in [4.78, 5) is 0. The summed E-state index contributed by atoms with van der Waals surface area (Å²) < 4.78 is 5.30. The highest BCUT2D eigenvalue weighted by Crippen LogP contribution is 2.34. The second kappa shape index (κ2) is 5.07. The lowest BCUT2D eigenvalue weighted by Gasteiger charge is -2.39. The van der Waals surface area contributed by atoms with Gasteiger partial charge in [-0.2, -0.15) is 0 Å². The number of para-hydroxylation sites is 1. The van der Waals surface area contributed by atoms with Gasteiger partial charge in [0.2, 0.25) is 0 Å². The molecule has 0 saturated carbocycles. The second-order valence-electron chi connectivity index (χ2n) is 5.47. The molecule has 3 N–H and O–H groups in total. The summed E-state index contributed by atoms with van der Waals surface area (Å²) in [7, 11) is 1.64. The second-order valence-corrected chi connectivity index (χ2v) is 5.47. The Labute approximate surface area is 104 Å². The summed E-state index contributed by atoms with van der Waals surface area (Å²) in [6, 6.07) is 7.72. The van der Waals surface area contributed by atoms with Crippen molar-refractivity contribution in [1.29, 1.82) is 0 Å². The molecule has 0 aromatic heterocycles. The zero-order valence-electron chi connectivity index (χ0n) is 11.2. The molecule has 1 rings (SSSR count). The highest BCUT2D eigenvalue weighted by Gasteiger charge is 2.39. The number of aliphatic hydroxyl groups is 1. The van der Waals surface area contributed by atoms with Crippen molar-refractivity contribution in [3.05, 3.63) is 29.8 Å². The summed E-state index contributed by atoms with van der Waals surface area (Å²) >= 11 is 0. The number of ether oxygens (including phenoxy) is 1. The van der Waals surface area contributed by atoms with E-state index < -0.39 is 5.60 Å². The van der Waals surface area contributed by atoms with Crippen LogP contribution in [0.4, 0.5) is 0 Å². The van der Waals surface area contributed by atoms with E-state index in [1.165, 1.54) is 0 Å². The SMILES string of the molecule is COc1ccccc1CC(O)(CN)C(C)(C)C. The molecule has 0 spiro atoms. The molecule has 1 aromatic carbocycles. The Balaban J connectivity index is 3.03.